The van der Waals surface area contributed by atoms with Gasteiger partial charge >= 0.3 is 0 Å². The molecule has 0 amide bonds. The molecule has 0 saturated heterocycles. The number of nitrogens with zero attached hydrogens (tertiary/aromatic N) is 2. The maximum atomic E-state index is 6.58. The normalized spacial score (nSPS) is 12.7. The first kappa shape index (κ1) is 29.6. The first-order chi connectivity index (χ1) is 24.8. The lowest BCUT2D eigenvalue weighted by atomic mass is 9.67. The van der Waals surface area contributed by atoms with E-state index in [2.05, 4.69) is 158 Å². The van der Waals surface area contributed by atoms with Gasteiger partial charge in [0, 0.05) is 22.3 Å². The number of hydrogen-bond donors (Lipinski definition) is 0. The molecule has 2 aromatic heterocycles. The number of fused-ring (bicyclic) bond motifs is 2. The van der Waals surface area contributed by atoms with Crippen molar-refractivity contribution < 1.29 is 4.74 Å². The Bertz CT molecular complexity index is 2300. The zero-order valence-corrected chi connectivity index (χ0v) is 27.3. The van der Waals surface area contributed by atoms with Gasteiger partial charge in [0.15, 0.2) is 0 Å². The van der Waals surface area contributed by atoms with Crippen molar-refractivity contribution in [3.05, 3.63) is 217 Å². The molecule has 0 aliphatic carbocycles. The van der Waals surface area contributed by atoms with Crippen LogP contribution in [0, 0.1) is 0 Å². The van der Waals surface area contributed by atoms with Gasteiger partial charge in [0.25, 0.3) is 0 Å². The summed E-state index contributed by atoms with van der Waals surface area (Å²) in [6.45, 7) is 0. The second kappa shape index (κ2) is 12.5. The van der Waals surface area contributed by atoms with Gasteiger partial charge in [-0.1, -0.05) is 146 Å². The SMILES string of the molecule is c1ccc(-c2cccc(-c3cccc(C4(c5cccc(-c6cccc(-c7ccccc7)c6)n5)c5ccccc5Oc5ccccc54)n3)c2)cc1. The maximum absolute atomic E-state index is 6.58. The van der Waals surface area contributed by atoms with Gasteiger partial charge in [-0.15, -0.1) is 0 Å². The standard InChI is InChI=1S/C47H32N2O/c1-3-15-33(16-4-1)35-19-11-21-37(31-35)41-25-13-29-45(48-41)47(39-23-7-9-27-43(39)50-44-28-10-8-24-40(44)47)46-30-14-26-42(49-46)38-22-12-20-36(32-38)34-17-5-2-6-18-34/h1-32H. The summed E-state index contributed by atoms with van der Waals surface area (Å²) in [7, 11) is 0. The van der Waals surface area contributed by atoms with Crippen molar-refractivity contribution in [2.24, 2.45) is 0 Å². The number of para-hydroxylation sites is 2. The molecular formula is C47H32N2O. The molecule has 0 radical (unpaired) electrons. The Labute approximate surface area is 292 Å². The highest BCUT2D eigenvalue weighted by Gasteiger charge is 2.47. The van der Waals surface area contributed by atoms with E-state index in [1.165, 1.54) is 11.1 Å². The lowest BCUT2D eigenvalue weighted by Gasteiger charge is -2.39. The average molecular weight is 641 g/mol. The van der Waals surface area contributed by atoms with Crippen LogP contribution in [0.1, 0.15) is 22.5 Å². The second-order valence-electron chi connectivity index (χ2n) is 12.6. The Kier molecular flexibility index (Phi) is 7.37. The topological polar surface area (TPSA) is 35.0 Å². The third-order valence-electron chi connectivity index (χ3n) is 9.60. The molecule has 8 aromatic rings. The molecule has 0 unspecified atom stereocenters. The maximum Gasteiger partial charge on any atom is 0.132 e. The monoisotopic (exact) mass is 640 g/mol. The van der Waals surface area contributed by atoms with E-state index in [1.54, 1.807) is 0 Å². The molecule has 50 heavy (non-hydrogen) atoms. The second-order valence-corrected chi connectivity index (χ2v) is 12.6. The summed E-state index contributed by atoms with van der Waals surface area (Å²) in [6.07, 6.45) is 0. The molecule has 0 saturated carbocycles. The Balaban J connectivity index is 1.26. The third kappa shape index (κ3) is 5.08. The van der Waals surface area contributed by atoms with Crippen molar-refractivity contribution in [3.63, 3.8) is 0 Å². The smallest absolute Gasteiger partial charge is 0.132 e. The largest absolute Gasteiger partial charge is 0.457 e. The minimum absolute atomic E-state index is 0.794. The van der Waals surface area contributed by atoms with Crippen LogP contribution < -0.4 is 4.74 Å². The molecule has 1 aliphatic heterocycles. The molecule has 6 aromatic carbocycles. The molecule has 3 heterocycles. The van der Waals surface area contributed by atoms with Crippen LogP contribution in [0.3, 0.4) is 0 Å². The summed E-state index contributed by atoms with van der Waals surface area (Å²) in [5, 5.41) is 0. The average Bonchev–Trinajstić information content (AvgIpc) is 3.21. The van der Waals surface area contributed by atoms with Crippen LogP contribution in [0.5, 0.6) is 11.5 Å². The van der Waals surface area contributed by atoms with E-state index in [9.17, 15) is 0 Å². The highest BCUT2D eigenvalue weighted by molar-refractivity contribution is 5.75. The van der Waals surface area contributed by atoms with Crippen LogP contribution in [-0.4, -0.2) is 9.97 Å². The van der Waals surface area contributed by atoms with E-state index in [0.29, 0.717) is 0 Å². The summed E-state index contributed by atoms with van der Waals surface area (Å²) >= 11 is 0. The Morgan fingerprint density at radius 3 is 1.18 bits per heavy atom. The highest BCUT2D eigenvalue weighted by Crippen LogP contribution is 2.54. The Morgan fingerprint density at radius 2 is 0.700 bits per heavy atom. The summed E-state index contributed by atoms with van der Waals surface area (Å²) < 4.78 is 6.58. The predicted octanol–water partition coefficient (Wildman–Crippen LogP) is 11.6. The highest BCUT2D eigenvalue weighted by atomic mass is 16.5. The van der Waals surface area contributed by atoms with Crippen LogP contribution >= 0.6 is 0 Å². The van der Waals surface area contributed by atoms with Crippen molar-refractivity contribution in [2.45, 2.75) is 5.41 Å². The summed E-state index contributed by atoms with van der Waals surface area (Å²) in [6, 6.07) is 67.4. The number of ether oxygens (including phenoxy) is 1. The van der Waals surface area contributed by atoms with Crippen molar-refractivity contribution in [3.8, 4) is 56.3 Å². The van der Waals surface area contributed by atoms with Gasteiger partial charge in [0.05, 0.1) is 22.8 Å². The number of aromatic nitrogens is 2. The summed E-state index contributed by atoms with van der Waals surface area (Å²) in [5.74, 6) is 1.59. The van der Waals surface area contributed by atoms with E-state index in [-0.39, 0.29) is 0 Å². The van der Waals surface area contributed by atoms with Gasteiger partial charge in [-0.05, 0) is 70.8 Å². The predicted molar refractivity (Wildman–Crippen MR) is 202 cm³/mol. The third-order valence-corrected chi connectivity index (χ3v) is 9.60. The molecule has 1 aliphatic rings. The van der Waals surface area contributed by atoms with Crippen molar-refractivity contribution in [1.82, 2.24) is 9.97 Å². The van der Waals surface area contributed by atoms with Crippen LogP contribution in [0.4, 0.5) is 0 Å². The molecule has 0 spiro atoms. The van der Waals surface area contributed by atoms with Crippen LogP contribution in [0.25, 0.3) is 44.8 Å². The van der Waals surface area contributed by atoms with Crippen LogP contribution in [-0.2, 0) is 5.41 Å². The van der Waals surface area contributed by atoms with Crippen LogP contribution in [0.2, 0.25) is 0 Å². The number of pyridine rings is 2. The van der Waals surface area contributed by atoms with E-state index in [4.69, 9.17) is 14.7 Å². The molecule has 0 fully saturated rings. The Hall–Kier alpha value is -6.58. The van der Waals surface area contributed by atoms with Crippen molar-refractivity contribution >= 4 is 0 Å². The fraction of sp³-hybridized carbons (Fsp3) is 0.0213. The molecule has 236 valence electrons. The van der Waals surface area contributed by atoms with E-state index < -0.39 is 5.41 Å². The summed E-state index contributed by atoms with van der Waals surface area (Å²) in [5.41, 5.74) is 11.5. The van der Waals surface area contributed by atoms with Crippen molar-refractivity contribution in [1.29, 1.82) is 0 Å². The van der Waals surface area contributed by atoms with Crippen LogP contribution in [0.15, 0.2) is 194 Å². The van der Waals surface area contributed by atoms with E-state index in [1.807, 2.05) is 36.4 Å². The molecular weight excluding hydrogens is 609 g/mol. The fourth-order valence-electron chi connectivity index (χ4n) is 7.26. The molecule has 3 heteroatoms. The zero-order valence-electron chi connectivity index (χ0n) is 27.3. The van der Waals surface area contributed by atoms with Gasteiger partial charge in [0.1, 0.15) is 16.9 Å². The molecule has 3 nitrogen and oxygen atoms in total. The lowest BCUT2D eigenvalue weighted by Crippen LogP contribution is -2.36. The van der Waals surface area contributed by atoms with Gasteiger partial charge in [-0.2, -0.15) is 0 Å². The van der Waals surface area contributed by atoms with E-state index in [0.717, 1.165) is 67.7 Å². The fourth-order valence-corrected chi connectivity index (χ4v) is 7.26. The minimum Gasteiger partial charge on any atom is -0.457 e. The number of rotatable bonds is 6. The summed E-state index contributed by atoms with van der Waals surface area (Å²) in [4.78, 5) is 11.0. The van der Waals surface area contributed by atoms with Gasteiger partial charge in [0.2, 0.25) is 0 Å². The molecule has 0 bridgehead atoms. The lowest BCUT2D eigenvalue weighted by molar-refractivity contribution is 0.430. The van der Waals surface area contributed by atoms with Crippen molar-refractivity contribution in [2.75, 3.05) is 0 Å². The number of benzene rings is 6. The molecule has 0 atom stereocenters. The minimum atomic E-state index is -0.856. The van der Waals surface area contributed by atoms with Gasteiger partial charge < -0.3 is 4.74 Å². The molecule has 0 N–H and O–H groups in total. The van der Waals surface area contributed by atoms with Gasteiger partial charge in [-0.3, -0.25) is 9.97 Å². The zero-order chi connectivity index (χ0) is 33.3. The molecule has 9 rings (SSSR count). The Morgan fingerprint density at radius 1 is 0.320 bits per heavy atom. The number of hydrogen-bond acceptors (Lipinski definition) is 3. The van der Waals surface area contributed by atoms with E-state index >= 15 is 0 Å². The quantitative estimate of drug-likeness (QED) is 0.181. The van der Waals surface area contributed by atoms with Gasteiger partial charge in [-0.25, -0.2) is 0 Å². The first-order valence-corrected chi connectivity index (χ1v) is 16.9. The first-order valence-electron chi connectivity index (χ1n) is 16.9.